The number of aliphatic hydroxyl groups excluding tert-OH is 2. The highest BCUT2D eigenvalue weighted by Crippen LogP contribution is 1.99. The molecule has 2 N–H and O–H groups in total. The molecule has 57 valence electrons. The molecule has 0 aliphatic carbocycles. The third kappa shape index (κ3) is 2.10. The highest BCUT2D eigenvalue weighted by Gasteiger charge is 2.13. The molecule has 0 unspecified atom stereocenters. The van der Waals surface area contributed by atoms with Gasteiger partial charge < -0.3 is 10.2 Å². The van der Waals surface area contributed by atoms with E-state index in [1.165, 1.54) is 0 Å². The van der Waals surface area contributed by atoms with Gasteiger partial charge in [0.2, 0.25) is 0 Å². The van der Waals surface area contributed by atoms with Crippen molar-refractivity contribution in [2.24, 2.45) is 0 Å². The molecule has 1 radical (unpaired) electrons. The molecule has 0 aromatic rings. The Morgan fingerprint density at radius 3 is 3.00 bits per heavy atom. The van der Waals surface area contributed by atoms with Crippen molar-refractivity contribution in [3.63, 3.8) is 0 Å². The van der Waals surface area contributed by atoms with Crippen molar-refractivity contribution in [1.29, 1.82) is 0 Å². The third-order valence-corrected chi connectivity index (χ3v) is 1.50. The van der Waals surface area contributed by atoms with Crippen LogP contribution < -0.4 is 5.32 Å². The van der Waals surface area contributed by atoms with Crippen LogP contribution in [-0.4, -0.2) is 35.5 Å². The van der Waals surface area contributed by atoms with Gasteiger partial charge in [0.15, 0.2) is 0 Å². The first-order valence-electron chi connectivity index (χ1n) is 3.47. The summed E-state index contributed by atoms with van der Waals surface area (Å²) in [5, 5.41) is 22.2. The average molecular weight is 142 g/mol. The maximum atomic E-state index is 9.09. The Kier molecular flexibility index (Phi) is 2.86. The van der Waals surface area contributed by atoms with Gasteiger partial charge in [-0.1, -0.05) is 12.2 Å². The monoisotopic (exact) mass is 142 g/mol. The number of rotatable bonds is 0. The van der Waals surface area contributed by atoms with E-state index >= 15 is 0 Å². The lowest BCUT2D eigenvalue weighted by Gasteiger charge is -2.15. The molecule has 0 fully saturated rings. The lowest BCUT2D eigenvalue weighted by molar-refractivity contribution is 0.0473. The van der Waals surface area contributed by atoms with Crippen LogP contribution in [0.15, 0.2) is 12.2 Å². The molecular weight excluding hydrogens is 130 g/mol. The van der Waals surface area contributed by atoms with Gasteiger partial charge in [0.05, 0.1) is 12.2 Å². The van der Waals surface area contributed by atoms with E-state index in [2.05, 4.69) is 5.32 Å². The van der Waals surface area contributed by atoms with Crippen LogP contribution in [0.4, 0.5) is 0 Å². The summed E-state index contributed by atoms with van der Waals surface area (Å²) in [6.45, 7) is 1.10. The Balaban J connectivity index is 2.44. The fraction of sp³-hybridized carbons (Fsp3) is 0.714. The van der Waals surface area contributed by atoms with E-state index in [1.807, 2.05) is 6.08 Å². The Hall–Kier alpha value is -0.380. The SMILES string of the molecule is O[C@@H]1/C=C\CC[N]C[C@@H]1O. The fourth-order valence-electron chi connectivity index (χ4n) is 0.861. The predicted molar refractivity (Wildman–Crippen MR) is 37.6 cm³/mol. The second-order valence-electron chi connectivity index (χ2n) is 2.40. The van der Waals surface area contributed by atoms with E-state index in [0.717, 1.165) is 13.0 Å². The molecule has 0 bridgehead atoms. The van der Waals surface area contributed by atoms with Crippen LogP contribution in [0.1, 0.15) is 6.42 Å². The standard InChI is InChI=1S/C7H12NO2/c9-6-3-1-2-4-8-5-7(6)10/h1,3,6-7,9-10H,2,4-5H2/b3-1-/t6-,7+/m1/s1. The molecule has 1 aliphatic rings. The third-order valence-electron chi connectivity index (χ3n) is 1.50. The van der Waals surface area contributed by atoms with E-state index in [0.29, 0.717) is 6.54 Å². The minimum absolute atomic E-state index is 0.353. The molecular formula is C7H12NO2. The molecule has 0 aromatic heterocycles. The molecule has 0 saturated carbocycles. The summed E-state index contributed by atoms with van der Waals surface area (Å²) < 4.78 is 0. The van der Waals surface area contributed by atoms with E-state index in [-0.39, 0.29) is 0 Å². The Morgan fingerprint density at radius 2 is 2.20 bits per heavy atom. The van der Waals surface area contributed by atoms with E-state index in [9.17, 15) is 0 Å². The lowest BCUT2D eigenvalue weighted by Crippen LogP contribution is -2.33. The number of hydrogen-bond donors (Lipinski definition) is 2. The zero-order chi connectivity index (χ0) is 7.40. The number of nitrogens with zero attached hydrogens (tertiary/aromatic N) is 1. The van der Waals surface area contributed by atoms with Gasteiger partial charge in [0.25, 0.3) is 0 Å². The van der Waals surface area contributed by atoms with Crippen molar-refractivity contribution in [1.82, 2.24) is 5.32 Å². The Labute approximate surface area is 60.4 Å². The van der Waals surface area contributed by atoms with Crippen LogP contribution in [0.3, 0.4) is 0 Å². The zero-order valence-corrected chi connectivity index (χ0v) is 5.77. The predicted octanol–water partition coefficient (Wildman–Crippen LogP) is -0.728. The maximum absolute atomic E-state index is 9.09. The second kappa shape index (κ2) is 3.71. The molecule has 2 atom stereocenters. The second-order valence-corrected chi connectivity index (χ2v) is 2.40. The minimum Gasteiger partial charge on any atom is -0.389 e. The van der Waals surface area contributed by atoms with Gasteiger partial charge >= 0.3 is 0 Å². The van der Waals surface area contributed by atoms with Gasteiger partial charge in [0, 0.05) is 13.1 Å². The highest BCUT2D eigenvalue weighted by molar-refractivity contribution is 4.94. The molecule has 3 heteroatoms. The van der Waals surface area contributed by atoms with E-state index in [4.69, 9.17) is 10.2 Å². The summed E-state index contributed by atoms with van der Waals surface area (Å²) in [6, 6.07) is 0. The molecule has 0 saturated heterocycles. The summed E-state index contributed by atoms with van der Waals surface area (Å²) in [6.07, 6.45) is 2.89. The van der Waals surface area contributed by atoms with Gasteiger partial charge in [-0.25, -0.2) is 5.32 Å². The van der Waals surface area contributed by atoms with Gasteiger partial charge in [-0.05, 0) is 6.42 Å². The van der Waals surface area contributed by atoms with Crippen LogP contribution >= 0.6 is 0 Å². The van der Waals surface area contributed by atoms with Crippen molar-refractivity contribution >= 4 is 0 Å². The van der Waals surface area contributed by atoms with E-state index < -0.39 is 12.2 Å². The molecule has 1 aliphatic heterocycles. The summed E-state index contributed by atoms with van der Waals surface area (Å²) in [4.78, 5) is 0. The first-order valence-corrected chi connectivity index (χ1v) is 3.47. The summed E-state index contributed by atoms with van der Waals surface area (Å²) >= 11 is 0. The first-order chi connectivity index (χ1) is 4.80. The zero-order valence-electron chi connectivity index (χ0n) is 5.77. The normalized spacial score (nSPS) is 38.2. The van der Waals surface area contributed by atoms with Crippen LogP contribution in [0.25, 0.3) is 0 Å². The van der Waals surface area contributed by atoms with Gasteiger partial charge in [-0.3, -0.25) is 0 Å². The highest BCUT2D eigenvalue weighted by atomic mass is 16.3. The average Bonchev–Trinajstić information content (AvgIpc) is 1.92. The molecule has 3 nitrogen and oxygen atoms in total. The fourth-order valence-corrected chi connectivity index (χ4v) is 0.861. The van der Waals surface area contributed by atoms with Crippen LogP contribution in [-0.2, 0) is 0 Å². The van der Waals surface area contributed by atoms with Gasteiger partial charge in [0.1, 0.15) is 0 Å². The smallest absolute Gasteiger partial charge is 0.0993 e. The largest absolute Gasteiger partial charge is 0.389 e. The van der Waals surface area contributed by atoms with Gasteiger partial charge in [-0.15, -0.1) is 0 Å². The summed E-state index contributed by atoms with van der Waals surface area (Å²) in [5.74, 6) is 0. The van der Waals surface area contributed by atoms with Crippen LogP contribution in [0.2, 0.25) is 0 Å². The number of aliphatic hydroxyl groups is 2. The van der Waals surface area contributed by atoms with Crippen LogP contribution in [0.5, 0.6) is 0 Å². The Bertz CT molecular complexity index is 125. The molecule has 0 spiro atoms. The summed E-state index contributed by atoms with van der Waals surface area (Å²) in [7, 11) is 0. The quantitative estimate of drug-likeness (QED) is 0.438. The van der Waals surface area contributed by atoms with Crippen molar-refractivity contribution < 1.29 is 10.2 Å². The van der Waals surface area contributed by atoms with Crippen molar-refractivity contribution in [2.45, 2.75) is 18.6 Å². The van der Waals surface area contributed by atoms with E-state index in [1.54, 1.807) is 6.08 Å². The maximum Gasteiger partial charge on any atom is 0.0993 e. The van der Waals surface area contributed by atoms with Crippen LogP contribution in [0, 0.1) is 0 Å². The lowest BCUT2D eigenvalue weighted by atomic mass is 10.1. The molecule has 1 rings (SSSR count). The van der Waals surface area contributed by atoms with Crippen molar-refractivity contribution in [2.75, 3.05) is 13.1 Å². The van der Waals surface area contributed by atoms with Crippen molar-refractivity contribution in [3.05, 3.63) is 12.2 Å². The molecule has 0 aromatic carbocycles. The summed E-state index contributed by atoms with van der Waals surface area (Å²) in [5.41, 5.74) is 0. The molecule has 0 amide bonds. The first kappa shape index (κ1) is 7.72. The Morgan fingerprint density at radius 1 is 1.40 bits per heavy atom. The van der Waals surface area contributed by atoms with Crippen molar-refractivity contribution in [3.8, 4) is 0 Å². The topological polar surface area (TPSA) is 54.6 Å². The number of hydrogen-bond acceptors (Lipinski definition) is 2. The minimum atomic E-state index is -0.732. The molecule has 10 heavy (non-hydrogen) atoms. The molecule has 1 heterocycles. The van der Waals surface area contributed by atoms with Gasteiger partial charge in [-0.2, -0.15) is 0 Å².